The Morgan fingerprint density at radius 2 is 2.11 bits per heavy atom. The number of rotatable bonds is 9. The molecule has 0 fully saturated rings. The minimum absolute atomic E-state index is 0.0681. The molecule has 0 aromatic heterocycles. The Bertz CT molecular complexity index is 668. The largest absolute Gasteiger partial charge is 0.389 e. The van der Waals surface area contributed by atoms with Gasteiger partial charge in [0.05, 0.1) is 17.5 Å². The van der Waals surface area contributed by atoms with E-state index in [0.29, 0.717) is 12.3 Å². The molecule has 0 spiro atoms. The normalized spacial score (nSPS) is 28.9. The third-order valence-corrected chi connectivity index (χ3v) is 6.35. The second kappa shape index (κ2) is 9.65. The summed E-state index contributed by atoms with van der Waals surface area (Å²) in [5.74, 6) is 0.765. The fourth-order valence-corrected chi connectivity index (χ4v) is 4.50. The molecule has 1 aliphatic heterocycles. The molecule has 0 aromatic rings. The average molecular weight is 385 g/mol. The van der Waals surface area contributed by atoms with E-state index in [1.54, 1.807) is 0 Å². The molecule has 1 aliphatic carbocycles. The van der Waals surface area contributed by atoms with Crippen molar-refractivity contribution in [3.8, 4) is 0 Å². The highest BCUT2D eigenvalue weighted by atomic mass is 16.3. The maximum absolute atomic E-state index is 10.9. The highest BCUT2D eigenvalue weighted by molar-refractivity contribution is 5.43. The van der Waals surface area contributed by atoms with Crippen LogP contribution in [0, 0.1) is 11.8 Å². The van der Waals surface area contributed by atoms with Crippen LogP contribution in [0.25, 0.3) is 0 Å². The van der Waals surface area contributed by atoms with E-state index in [9.17, 15) is 5.11 Å². The van der Waals surface area contributed by atoms with Crippen molar-refractivity contribution in [2.75, 3.05) is 6.54 Å². The lowest BCUT2D eigenvalue weighted by Crippen LogP contribution is -2.41. The van der Waals surface area contributed by atoms with Crippen LogP contribution in [-0.4, -0.2) is 28.3 Å². The van der Waals surface area contributed by atoms with Gasteiger partial charge in [0.2, 0.25) is 0 Å². The van der Waals surface area contributed by atoms with Crippen molar-refractivity contribution in [1.29, 1.82) is 0 Å². The molecule has 156 valence electrons. The molecule has 0 bridgehead atoms. The van der Waals surface area contributed by atoms with E-state index in [1.807, 2.05) is 32.1 Å². The van der Waals surface area contributed by atoms with E-state index in [4.69, 9.17) is 0 Å². The van der Waals surface area contributed by atoms with Crippen LogP contribution < -0.4 is 5.32 Å². The molecule has 4 unspecified atom stereocenters. The summed E-state index contributed by atoms with van der Waals surface area (Å²) >= 11 is 0. The molecule has 2 rings (SSSR count). The summed E-state index contributed by atoms with van der Waals surface area (Å²) in [6.07, 6.45) is 13.8. The zero-order chi connectivity index (χ0) is 20.9. The first-order valence-electron chi connectivity index (χ1n) is 10.9. The lowest BCUT2D eigenvalue weighted by Gasteiger charge is -2.38. The highest BCUT2D eigenvalue weighted by Crippen LogP contribution is 2.44. The quantitative estimate of drug-likeness (QED) is 0.502. The summed E-state index contributed by atoms with van der Waals surface area (Å²) in [4.78, 5) is 2.45. The van der Waals surface area contributed by atoms with Gasteiger partial charge in [0, 0.05) is 24.6 Å². The maximum Gasteiger partial charge on any atom is 0.0994 e. The third kappa shape index (κ3) is 5.00. The smallest absolute Gasteiger partial charge is 0.0994 e. The lowest BCUT2D eigenvalue weighted by molar-refractivity contribution is 0.0146. The van der Waals surface area contributed by atoms with Crippen molar-refractivity contribution in [2.45, 2.75) is 78.5 Å². The van der Waals surface area contributed by atoms with Gasteiger partial charge in [-0.25, -0.2) is 0 Å². The van der Waals surface area contributed by atoms with Gasteiger partial charge in [-0.1, -0.05) is 77.5 Å². The third-order valence-electron chi connectivity index (χ3n) is 6.35. The van der Waals surface area contributed by atoms with Crippen molar-refractivity contribution in [3.63, 3.8) is 0 Å². The summed E-state index contributed by atoms with van der Waals surface area (Å²) in [6.45, 7) is 20.0. The fraction of sp³-hybridized carbons (Fsp3) is 0.600. The summed E-state index contributed by atoms with van der Waals surface area (Å²) in [5.41, 5.74) is 3.72. The molecule has 0 aromatic carbocycles. The minimum atomic E-state index is -0.750. The van der Waals surface area contributed by atoms with Gasteiger partial charge in [0.15, 0.2) is 0 Å². The number of nitrogens with one attached hydrogen (secondary N) is 1. The Labute approximate surface area is 172 Å². The van der Waals surface area contributed by atoms with E-state index in [0.717, 1.165) is 29.8 Å². The van der Waals surface area contributed by atoms with Crippen LogP contribution in [0.15, 0.2) is 60.0 Å². The second-order valence-corrected chi connectivity index (χ2v) is 8.75. The van der Waals surface area contributed by atoms with Crippen molar-refractivity contribution in [1.82, 2.24) is 10.2 Å². The summed E-state index contributed by atoms with van der Waals surface area (Å²) < 4.78 is 0. The Balaban J connectivity index is 2.31. The van der Waals surface area contributed by atoms with E-state index in [1.165, 1.54) is 25.0 Å². The second-order valence-electron chi connectivity index (χ2n) is 8.75. The van der Waals surface area contributed by atoms with Gasteiger partial charge in [-0.2, -0.15) is 0 Å². The molecule has 2 aliphatic rings. The van der Waals surface area contributed by atoms with Gasteiger partial charge in [-0.3, -0.25) is 0 Å². The first-order chi connectivity index (χ1) is 13.2. The zero-order valence-electron chi connectivity index (χ0n) is 18.6. The molecule has 2 N–H and O–H groups in total. The monoisotopic (exact) mass is 384 g/mol. The van der Waals surface area contributed by atoms with Crippen LogP contribution in [0.3, 0.4) is 0 Å². The number of hydrogen-bond donors (Lipinski definition) is 2. The summed E-state index contributed by atoms with van der Waals surface area (Å²) in [5, 5.41) is 14.7. The van der Waals surface area contributed by atoms with Crippen molar-refractivity contribution < 1.29 is 5.11 Å². The predicted molar refractivity (Wildman–Crippen MR) is 121 cm³/mol. The van der Waals surface area contributed by atoms with Crippen molar-refractivity contribution in [3.05, 3.63) is 60.0 Å². The first-order valence-corrected chi connectivity index (χ1v) is 10.9. The Morgan fingerprint density at radius 1 is 1.39 bits per heavy atom. The molecular formula is C25H40N2O. The molecule has 3 nitrogen and oxygen atoms in total. The molecule has 28 heavy (non-hydrogen) atoms. The molecule has 0 radical (unpaired) electrons. The topological polar surface area (TPSA) is 35.5 Å². The first kappa shape index (κ1) is 22.5. The average Bonchev–Trinajstić information content (AvgIpc) is 2.97. The Hall–Kier alpha value is -1.74. The van der Waals surface area contributed by atoms with Crippen molar-refractivity contribution in [2.24, 2.45) is 11.8 Å². The highest BCUT2D eigenvalue weighted by Gasteiger charge is 2.45. The Morgan fingerprint density at radius 3 is 2.71 bits per heavy atom. The number of allylic oxidation sites excluding steroid dienone is 4. The van der Waals surface area contributed by atoms with Gasteiger partial charge < -0.3 is 15.3 Å². The molecule has 4 atom stereocenters. The number of aliphatic hydroxyl groups is 1. The van der Waals surface area contributed by atoms with Gasteiger partial charge in [0.25, 0.3) is 0 Å². The van der Waals surface area contributed by atoms with Crippen LogP contribution in [-0.2, 0) is 0 Å². The maximum atomic E-state index is 10.9. The van der Waals surface area contributed by atoms with Crippen LogP contribution in [0.2, 0.25) is 0 Å². The van der Waals surface area contributed by atoms with Crippen LogP contribution in [0.1, 0.15) is 66.7 Å². The predicted octanol–water partition coefficient (Wildman–Crippen LogP) is 5.68. The molecule has 0 saturated carbocycles. The molecule has 3 heteroatoms. The number of nitrogens with zero attached hydrogens (tertiary/aromatic N) is 1. The van der Waals surface area contributed by atoms with Crippen LogP contribution >= 0.6 is 0 Å². The fourth-order valence-electron chi connectivity index (χ4n) is 4.50. The molecule has 1 heterocycles. The van der Waals surface area contributed by atoms with Gasteiger partial charge in [0.1, 0.15) is 0 Å². The zero-order valence-corrected chi connectivity index (χ0v) is 18.6. The molecular weight excluding hydrogens is 344 g/mol. The SMILES string of the molecule is C=C(/C=C\C=C/C)CN1C2=C(NC1CC(CC)CCC)C(C)C(C)(O)CC2=C. The van der Waals surface area contributed by atoms with E-state index >= 15 is 0 Å². The molecule has 0 saturated heterocycles. The standard InChI is InChI=1S/C25H40N2O/c1-8-11-12-14-18(4)17-27-22(15-21(10-3)13-9-2)26-23-20(6)25(7,28)16-19(5)24(23)27/h8,11-12,14,20-22,26,28H,4-5,9-10,13,15-17H2,1-3,6-7H3/b11-8-,14-12-. The van der Waals surface area contributed by atoms with Crippen LogP contribution in [0.4, 0.5) is 0 Å². The van der Waals surface area contributed by atoms with Crippen molar-refractivity contribution >= 4 is 0 Å². The van der Waals surface area contributed by atoms with Gasteiger partial charge in [-0.15, -0.1) is 0 Å². The minimum Gasteiger partial charge on any atom is -0.389 e. The number of hydrogen-bond acceptors (Lipinski definition) is 3. The van der Waals surface area contributed by atoms with Crippen LogP contribution in [0.5, 0.6) is 0 Å². The summed E-state index contributed by atoms with van der Waals surface area (Å²) in [6, 6.07) is 0. The Kier molecular flexibility index (Phi) is 7.77. The van der Waals surface area contributed by atoms with Gasteiger partial charge >= 0.3 is 0 Å². The van der Waals surface area contributed by atoms with E-state index < -0.39 is 5.60 Å². The summed E-state index contributed by atoms with van der Waals surface area (Å²) in [7, 11) is 0. The van der Waals surface area contributed by atoms with Gasteiger partial charge in [-0.05, 0) is 37.3 Å². The molecule has 0 amide bonds. The lowest BCUT2D eigenvalue weighted by atomic mass is 9.77. The van der Waals surface area contributed by atoms with E-state index in [2.05, 4.69) is 50.2 Å². The van der Waals surface area contributed by atoms with E-state index in [-0.39, 0.29) is 12.1 Å².